The molecule has 132 valence electrons. The van der Waals surface area contributed by atoms with Crippen LogP contribution in [0.1, 0.15) is 16.2 Å². The number of carbonyl (C=O) groups is 1. The lowest BCUT2D eigenvalue weighted by Gasteiger charge is -2.26. The number of hydrogen-bond donors (Lipinski definition) is 1. The summed E-state index contributed by atoms with van der Waals surface area (Å²) in [5, 5.41) is 3.28. The molecule has 0 atom stereocenters. The Hall–Kier alpha value is -2.45. The largest absolute Gasteiger partial charge is 0.467 e. The molecule has 9 heteroatoms. The molecule has 2 heterocycles. The van der Waals surface area contributed by atoms with E-state index in [1.807, 2.05) is 4.90 Å². The number of aromatic nitrogens is 3. The third-order valence-corrected chi connectivity index (χ3v) is 3.85. The van der Waals surface area contributed by atoms with E-state index in [9.17, 15) is 4.79 Å². The molecule has 0 saturated carbocycles. The molecule has 0 unspecified atom stereocenters. The molecule has 1 N–H and O–H groups in total. The van der Waals surface area contributed by atoms with Gasteiger partial charge in [0.05, 0.1) is 26.9 Å². The second-order valence-corrected chi connectivity index (χ2v) is 5.77. The SMILES string of the molecule is COc1nc(CNC(=O)c2cccc(Cl)c2)nc(N2CCOCC2)n1. The van der Waals surface area contributed by atoms with E-state index < -0.39 is 0 Å². The second-order valence-electron chi connectivity index (χ2n) is 5.33. The molecule has 3 rings (SSSR count). The summed E-state index contributed by atoms with van der Waals surface area (Å²) in [6, 6.07) is 6.94. The molecule has 1 aliphatic heterocycles. The fraction of sp³-hybridized carbons (Fsp3) is 0.375. The van der Waals surface area contributed by atoms with Gasteiger partial charge in [-0.1, -0.05) is 17.7 Å². The van der Waals surface area contributed by atoms with Gasteiger partial charge < -0.3 is 19.7 Å². The van der Waals surface area contributed by atoms with Gasteiger partial charge >= 0.3 is 6.01 Å². The highest BCUT2D eigenvalue weighted by atomic mass is 35.5. The first kappa shape index (κ1) is 17.4. The predicted octanol–water partition coefficient (Wildman–Crippen LogP) is 1.30. The second kappa shape index (κ2) is 8.09. The van der Waals surface area contributed by atoms with Crippen molar-refractivity contribution < 1.29 is 14.3 Å². The van der Waals surface area contributed by atoms with Crippen LogP contribution in [0.3, 0.4) is 0 Å². The summed E-state index contributed by atoms with van der Waals surface area (Å²) in [6.07, 6.45) is 0. The standard InChI is InChI=1S/C16H18ClN5O3/c1-24-16-20-13(19-15(21-16)22-5-7-25-8-6-22)10-18-14(23)11-3-2-4-12(17)9-11/h2-4,9H,5-8,10H2,1H3,(H,18,23). The average molecular weight is 364 g/mol. The van der Waals surface area contributed by atoms with Gasteiger partial charge in [0, 0.05) is 23.7 Å². The molecule has 1 amide bonds. The molecular formula is C16H18ClN5O3. The number of nitrogens with zero attached hydrogens (tertiary/aromatic N) is 4. The van der Waals surface area contributed by atoms with E-state index in [1.165, 1.54) is 7.11 Å². The third-order valence-electron chi connectivity index (χ3n) is 3.62. The van der Waals surface area contributed by atoms with E-state index in [2.05, 4.69) is 20.3 Å². The van der Waals surface area contributed by atoms with Crippen molar-refractivity contribution in [2.45, 2.75) is 6.54 Å². The molecule has 0 spiro atoms. The normalized spacial score (nSPS) is 14.2. The number of methoxy groups -OCH3 is 1. The van der Waals surface area contributed by atoms with Crippen LogP contribution in [0, 0.1) is 0 Å². The first-order valence-corrected chi connectivity index (χ1v) is 8.19. The number of anilines is 1. The smallest absolute Gasteiger partial charge is 0.321 e. The Morgan fingerprint density at radius 2 is 2.12 bits per heavy atom. The van der Waals surface area contributed by atoms with Crippen LogP contribution in [0.2, 0.25) is 5.02 Å². The molecule has 0 bridgehead atoms. The van der Waals surface area contributed by atoms with Crippen molar-refractivity contribution in [2.75, 3.05) is 38.3 Å². The fourth-order valence-electron chi connectivity index (χ4n) is 2.35. The van der Waals surface area contributed by atoms with Gasteiger partial charge in [-0.05, 0) is 18.2 Å². The summed E-state index contributed by atoms with van der Waals surface area (Å²) in [5.41, 5.74) is 0.474. The number of carbonyl (C=O) groups excluding carboxylic acids is 1. The van der Waals surface area contributed by atoms with E-state index in [1.54, 1.807) is 24.3 Å². The van der Waals surface area contributed by atoms with E-state index in [4.69, 9.17) is 21.1 Å². The predicted molar refractivity (Wildman–Crippen MR) is 92.0 cm³/mol. The van der Waals surface area contributed by atoms with E-state index in [0.29, 0.717) is 48.7 Å². The molecule has 8 nitrogen and oxygen atoms in total. The summed E-state index contributed by atoms with van der Waals surface area (Å²) in [7, 11) is 1.49. The summed E-state index contributed by atoms with van der Waals surface area (Å²) in [4.78, 5) is 27.1. The highest BCUT2D eigenvalue weighted by Gasteiger charge is 2.17. The van der Waals surface area contributed by atoms with E-state index >= 15 is 0 Å². The van der Waals surface area contributed by atoms with Crippen LogP contribution < -0.4 is 15.0 Å². The average Bonchev–Trinajstić information content (AvgIpc) is 2.66. The number of rotatable bonds is 5. The molecule has 1 fully saturated rings. The van der Waals surface area contributed by atoms with Crippen molar-refractivity contribution >= 4 is 23.5 Å². The molecule has 1 aliphatic rings. The minimum absolute atomic E-state index is 0.154. The lowest BCUT2D eigenvalue weighted by atomic mass is 10.2. The molecular weight excluding hydrogens is 346 g/mol. The summed E-state index contributed by atoms with van der Waals surface area (Å²) in [5.74, 6) is 0.681. The first-order valence-electron chi connectivity index (χ1n) is 7.81. The van der Waals surface area contributed by atoms with Crippen LogP contribution in [0.4, 0.5) is 5.95 Å². The first-order chi connectivity index (χ1) is 12.2. The molecule has 0 radical (unpaired) electrons. The number of halogens is 1. The number of amides is 1. The number of hydrogen-bond acceptors (Lipinski definition) is 7. The van der Waals surface area contributed by atoms with Gasteiger partial charge in [-0.2, -0.15) is 15.0 Å². The van der Waals surface area contributed by atoms with Gasteiger partial charge in [0.2, 0.25) is 5.95 Å². The van der Waals surface area contributed by atoms with E-state index in [0.717, 1.165) is 0 Å². The minimum Gasteiger partial charge on any atom is -0.467 e. The zero-order valence-corrected chi connectivity index (χ0v) is 14.5. The number of benzene rings is 1. The van der Waals surface area contributed by atoms with Gasteiger partial charge in [0.25, 0.3) is 5.91 Å². The Morgan fingerprint density at radius 1 is 1.32 bits per heavy atom. The summed E-state index contributed by atoms with van der Waals surface area (Å²) in [6.45, 7) is 2.79. The zero-order valence-electron chi connectivity index (χ0n) is 13.7. The number of nitrogens with one attached hydrogen (secondary N) is 1. The minimum atomic E-state index is -0.255. The summed E-state index contributed by atoms with van der Waals surface area (Å²) < 4.78 is 10.5. The maximum atomic E-state index is 12.2. The van der Waals surface area contributed by atoms with Crippen LogP contribution in [-0.4, -0.2) is 54.3 Å². The van der Waals surface area contributed by atoms with Crippen molar-refractivity contribution in [3.05, 3.63) is 40.7 Å². The third kappa shape index (κ3) is 4.55. The maximum Gasteiger partial charge on any atom is 0.321 e. The van der Waals surface area contributed by atoms with E-state index in [-0.39, 0.29) is 18.5 Å². The van der Waals surface area contributed by atoms with Crippen molar-refractivity contribution in [3.63, 3.8) is 0 Å². The van der Waals surface area contributed by atoms with Gasteiger partial charge in [-0.15, -0.1) is 0 Å². The highest BCUT2D eigenvalue weighted by molar-refractivity contribution is 6.30. The molecule has 1 aromatic carbocycles. The summed E-state index contributed by atoms with van der Waals surface area (Å²) >= 11 is 5.91. The topological polar surface area (TPSA) is 89.5 Å². The molecule has 0 aliphatic carbocycles. The Bertz CT molecular complexity index is 752. The van der Waals surface area contributed by atoms with Gasteiger partial charge in [0.15, 0.2) is 5.82 Å². The quantitative estimate of drug-likeness (QED) is 0.856. The van der Waals surface area contributed by atoms with Crippen LogP contribution in [0.5, 0.6) is 6.01 Å². The lowest BCUT2D eigenvalue weighted by molar-refractivity contribution is 0.0949. The van der Waals surface area contributed by atoms with Gasteiger partial charge in [-0.3, -0.25) is 4.79 Å². The molecule has 1 aromatic heterocycles. The van der Waals surface area contributed by atoms with Gasteiger partial charge in [-0.25, -0.2) is 0 Å². The molecule has 25 heavy (non-hydrogen) atoms. The monoisotopic (exact) mass is 363 g/mol. The Morgan fingerprint density at radius 3 is 2.84 bits per heavy atom. The lowest BCUT2D eigenvalue weighted by Crippen LogP contribution is -2.37. The number of ether oxygens (including phenoxy) is 2. The van der Waals surface area contributed by atoms with Crippen LogP contribution in [0.15, 0.2) is 24.3 Å². The molecule has 2 aromatic rings. The Balaban J connectivity index is 1.71. The van der Waals surface area contributed by atoms with Crippen molar-refractivity contribution in [1.29, 1.82) is 0 Å². The van der Waals surface area contributed by atoms with Crippen molar-refractivity contribution in [3.8, 4) is 6.01 Å². The zero-order chi connectivity index (χ0) is 17.6. The Labute approximate surface area is 150 Å². The fourth-order valence-corrected chi connectivity index (χ4v) is 2.54. The van der Waals surface area contributed by atoms with Crippen molar-refractivity contribution in [2.24, 2.45) is 0 Å². The van der Waals surface area contributed by atoms with Crippen LogP contribution in [-0.2, 0) is 11.3 Å². The van der Waals surface area contributed by atoms with Crippen molar-refractivity contribution in [1.82, 2.24) is 20.3 Å². The molecule has 1 saturated heterocycles. The maximum absolute atomic E-state index is 12.2. The number of morpholine rings is 1. The Kier molecular flexibility index (Phi) is 5.62. The van der Waals surface area contributed by atoms with Crippen LogP contribution >= 0.6 is 11.6 Å². The highest BCUT2D eigenvalue weighted by Crippen LogP contribution is 2.14. The van der Waals surface area contributed by atoms with Crippen LogP contribution in [0.25, 0.3) is 0 Å². The van der Waals surface area contributed by atoms with Gasteiger partial charge in [0.1, 0.15) is 0 Å².